The van der Waals surface area contributed by atoms with Gasteiger partial charge in [-0.2, -0.15) is 0 Å². The minimum Gasteiger partial charge on any atom is -0.496 e. The quantitative estimate of drug-likeness (QED) is 0.577. The van der Waals surface area contributed by atoms with Crippen molar-refractivity contribution in [1.82, 2.24) is 4.57 Å². The van der Waals surface area contributed by atoms with E-state index in [0.29, 0.717) is 13.2 Å². The van der Waals surface area contributed by atoms with Crippen LogP contribution in [-0.2, 0) is 17.8 Å². The zero-order valence-electron chi connectivity index (χ0n) is 19.1. The van der Waals surface area contributed by atoms with E-state index in [1.807, 2.05) is 13.0 Å². The lowest BCUT2D eigenvalue weighted by Gasteiger charge is -2.29. The summed E-state index contributed by atoms with van der Waals surface area (Å²) in [7, 11) is 3.45. The highest BCUT2D eigenvalue weighted by Crippen LogP contribution is 2.18. The molecule has 1 aromatic heterocycles. The van der Waals surface area contributed by atoms with Crippen LogP contribution in [0.25, 0.3) is 0 Å². The molecule has 0 amide bonds. The molecule has 0 bridgehead atoms. The Morgan fingerprint density at radius 2 is 1.73 bits per heavy atom. The summed E-state index contributed by atoms with van der Waals surface area (Å²) < 4.78 is 12.9. The average molecular weight is 416 g/mol. The normalized spacial score (nSPS) is 19.1. The van der Waals surface area contributed by atoms with Gasteiger partial charge in [0.25, 0.3) is 0 Å². The van der Waals surface area contributed by atoms with Crippen molar-refractivity contribution in [3.63, 3.8) is 0 Å². The van der Waals surface area contributed by atoms with Crippen molar-refractivity contribution in [3.05, 3.63) is 52.3 Å². The van der Waals surface area contributed by atoms with Crippen molar-refractivity contribution >= 4 is 5.78 Å². The lowest BCUT2D eigenvalue weighted by Crippen LogP contribution is -3.27. The summed E-state index contributed by atoms with van der Waals surface area (Å²) in [6, 6.07) is 8.43. The maximum Gasteiger partial charge on any atom is 0.218 e. The average Bonchev–Trinajstić information content (AvgIpc) is 3.02. The molecule has 0 aliphatic carbocycles. The van der Waals surface area contributed by atoms with Crippen LogP contribution in [0.5, 0.6) is 5.75 Å². The maximum absolute atomic E-state index is 13.0. The summed E-state index contributed by atoms with van der Waals surface area (Å²) in [4.78, 5) is 15.9. The predicted molar refractivity (Wildman–Crippen MR) is 118 cm³/mol. The first-order valence-electron chi connectivity index (χ1n) is 10.9. The van der Waals surface area contributed by atoms with Crippen molar-refractivity contribution < 1.29 is 24.1 Å². The smallest absolute Gasteiger partial charge is 0.218 e. The molecule has 0 saturated carbocycles. The van der Waals surface area contributed by atoms with Crippen LogP contribution in [0.3, 0.4) is 0 Å². The van der Waals surface area contributed by atoms with E-state index in [1.165, 1.54) is 16.0 Å². The van der Waals surface area contributed by atoms with Crippen LogP contribution in [0.1, 0.15) is 32.9 Å². The Kier molecular flexibility index (Phi) is 7.69. The summed E-state index contributed by atoms with van der Waals surface area (Å²) in [5.74, 6) is 1.23. The van der Waals surface area contributed by atoms with E-state index in [9.17, 15) is 4.79 Å². The van der Waals surface area contributed by atoms with Gasteiger partial charge in [-0.15, -0.1) is 0 Å². The van der Waals surface area contributed by atoms with Crippen LogP contribution in [0, 0.1) is 20.8 Å². The minimum atomic E-state index is 0.255. The van der Waals surface area contributed by atoms with E-state index in [2.05, 4.69) is 36.6 Å². The third-order valence-corrected chi connectivity index (χ3v) is 6.34. The molecule has 30 heavy (non-hydrogen) atoms. The second kappa shape index (κ2) is 10.2. The minimum absolute atomic E-state index is 0.255. The van der Waals surface area contributed by atoms with Crippen molar-refractivity contribution in [2.45, 2.75) is 33.9 Å². The number of nitrogens with one attached hydrogen (secondary N) is 2. The topological polar surface area (TPSA) is 49.3 Å². The third-order valence-electron chi connectivity index (χ3n) is 6.34. The molecule has 1 fully saturated rings. The summed E-state index contributed by atoms with van der Waals surface area (Å²) >= 11 is 0. The van der Waals surface area contributed by atoms with E-state index >= 15 is 0 Å². The third kappa shape index (κ3) is 5.31. The first-order chi connectivity index (χ1) is 14.4. The Labute approximate surface area is 180 Å². The molecule has 0 radical (unpaired) electrons. The van der Waals surface area contributed by atoms with Gasteiger partial charge < -0.3 is 23.8 Å². The molecule has 1 aromatic carbocycles. The number of aryl methyl sites for hydroxylation is 2. The second-order valence-corrected chi connectivity index (χ2v) is 8.52. The summed E-state index contributed by atoms with van der Waals surface area (Å²) in [5.41, 5.74) is 5.60. The van der Waals surface area contributed by atoms with Gasteiger partial charge in [0.2, 0.25) is 5.78 Å². The standard InChI is InChI=1S/C24H35N3O3/c1-18-6-7-24(30-5)21(14-18)16-25-8-10-26(11-9-25)17-23(28)22-15-19(2)27(20(22)3)12-13-29-4/h6-7,14-15H,8-13,16-17H2,1-5H3/p+2. The molecule has 2 N–H and O–H groups in total. The number of quaternary nitrogens is 2. The zero-order chi connectivity index (χ0) is 21.7. The van der Waals surface area contributed by atoms with Crippen molar-refractivity contribution in [1.29, 1.82) is 0 Å². The molecule has 164 valence electrons. The molecule has 1 aliphatic heterocycles. The van der Waals surface area contributed by atoms with Crippen LogP contribution in [0.4, 0.5) is 0 Å². The number of methoxy groups -OCH3 is 2. The number of Topliss-reactive ketones (excluding diaryl/α,β-unsaturated/α-hetero) is 1. The Bertz CT molecular complexity index is 867. The van der Waals surface area contributed by atoms with Crippen LogP contribution in [0.2, 0.25) is 0 Å². The number of aromatic nitrogens is 1. The lowest BCUT2D eigenvalue weighted by molar-refractivity contribution is -1.01. The van der Waals surface area contributed by atoms with E-state index in [1.54, 1.807) is 19.1 Å². The van der Waals surface area contributed by atoms with Gasteiger partial charge in [-0.05, 0) is 39.0 Å². The molecule has 2 heterocycles. The number of ketones is 1. The monoisotopic (exact) mass is 415 g/mol. The zero-order valence-corrected chi connectivity index (χ0v) is 19.1. The number of ether oxygens (including phenoxy) is 2. The fraction of sp³-hybridized carbons (Fsp3) is 0.542. The SMILES string of the molecule is COCCn1c(C)cc(C(=O)C[NH+]2CC[NH+](Cc3cc(C)ccc3OC)CC2)c1C. The largest absolute Gasteiger partial charge is 0.496 e. The molecule has 0 unspecified atom stereocenters. The van der Waals surface area contributed by atoms with Gasteiger partial charge in [0, 0.05) is 36.2 Å². The first kappa shape index (κ1) is 22.5. The number of benzene rings is 1. The molecule has 3 rings (SSSR count). The molecule has 0 spiro atoms. The van der Waals surface area contributed by atoms with Gasteiger partial charge in [0.1, 0.15) is 45.0 Å². The number of hydrogen-bond donors (Lipinski definition) is 2. The fourth-order valence-electron chi connectivity index (χ4n) is 4.56. The van der Waals surface area contributed by atoms with Crippen molar-refractivity contribution in [3.8, 4) is 5.75 Å². The van der Waals surface area contributed by atoms with E-state index in [0.717, 1.165) is 62.0 Å². The van der Waals surface area contributed by atoms with Gasteiger partial charge in [0.05, 0.1) is 13.7 Å². The Morgan fingerprint density at radius 3 is 2.40 bits per heavy atom. The van der Waals surface area contributed by atoms with E-state index < -0.39 is 0 Å². The van der Waals surface area contributed by atoms with Crippen LogP contribution in [-0.4, -0.2) is 63.9 Å². The molecule has 6 heteroatoms. The Hall–Kier alpha value is -2.15. The second-order valence-electron chi connectivity index (χ2n) is 8.52. The number of piperazine rings is 1. The Morgan fingerprint density at radius 1 is 1.03 bits per heavy atom. The van der Waals surface area contributed by atoms with E-state index in [4.69, 9.17) is 9.47 Å². The van der Waals surface area contributed by atoms with Crippen LogP contribution < -0.4 is 14.5 Å². The molecule has 1 aliphatic rings. The number of hydrogen-bond acceptors (Lipinski definition) is 3. The number of carbonyl (C=O) groups excluding carboxylic acids is 1. The fourth-order valence-corrected chi connectivity index (χ4v) is 4.56. The highest BCUT2D eigenvalue weighted by atomic mass is 16.5. The van der Waals surface area contributed by atoms with E-state index in [-0.39, 0.29) is 5.78 Å². The maximum atomic E-state index is 13.0. The van der Waals surface area contributed by atoms with Gasteiger partial charge >= 0.3 is 0 Å². The number of carbonyl (C=O) groups is 1. The lowest BCUT2D eigenvalue weighted by atomic mass is 10.1. The summed E-state index contributed by atoms with van der Waals surface area (Å²) in [6.45, 7) is 13.4. The molecule has 6 nitrogen and oxygen atoms in total. The summed E-state index contributed by atoms with van der Waals surface area (Å²) in [5, 5.41) is 0. The van der Waals surface area contributed by atoms with Gasteiger partial charge in [-0.25, -0.2) is 0 Å². The molecule has 1 saturated heterocycles. The summed E-state index contributed by atoms with van der Waals surface area (Å²) in [6.07, 6.45) is 0. The Balaban J connectivity index is 1.55. The van der Waals surface area contributed by atoms with Gasteiger partial charge in [-0.3, -0.25) is 4.79 Å². The van der Waals surface area contributed by atoms with Crippen molar-refractivity contribution in [2.24, 2.45) is 0 Å². The number of nitrogens with zero attached hydrogens (tertiary/aromatic N) is 1. The number of rotatable bonds is 9. The highest BCUT2D eigenvalue weighted by Gasteiger charge is 2.27. The van der Waals surface area contributed by atoms with Gasteiger partial charge in [0.15, 0.2) is 0 Å². The predicted octanol–water partition coefficient (Wildman–Crippen LogP) is 0.235. The van der Waals surface area contributed by atoms with Crippen LogP contribution >= 0.6 is 0 Å². The van der Waals surface area contributed by atoms with Crippen molar-refractivity contribution in [2.75, 3.05) is 53.6 Å². The first-order valence-corrected chi connectivity index (χ1v) is 10.9. The highest BCUT2D eigenvalue weighted by molar-refractivity contribution is 5.98. The molecular weight excluding hydrogens is 378 g/mol. The molecule has 0 atom stereocenters. The van der Waals surface area contributed by atoms with Crippen LogP contribution in [0.15, 0.2) is 24.3 Å². The molecule has 2 aromatic rings. The molecular formula is C24H37N3O3+2. The van der Waals surface area contributed by atoms with Gasteiger partial charge in [-0.1, -0.05) is 11.6 Å².